The lowest BCUT2D eigenvalue weighted by Crippen LogP contribution is -2.37. The minimum atomic E-state index is -0.239. The summed E-state index contributed by atoms with van der Waals surface area (Å²) in [5.41, 5.74) is 3.87. The molecule has 1 amide bonds. The summed E-state index contributed by atoms with van der Waals surface area (Å²) in [7, 11) is 0. The molecule has 6 nitrogen and oxygen atoms in total. The molecule has 4 aromatic rings. The average molecular weight is 472 g/mol. The summed E-state index contributed by atoms with van der Waals surface area (Å²) in [6, 6.07) is 20.7. The van der Waals surface area contributed by atoms with E-state index in [1.807, 2.05) is 43.3 Å². The molecule has 1 fully saturated rings. The van der Waals surface area contributed by atoms with E-state index in [2.05, 4.69) is 51.3 Å². The van der Waals surface area contributed by atoms with Crippen LogP contribution in [-0.4, -0.2) is 36.9 Å². The van der Waals surface area contributed by atoms with Crippen molar-refractivity contribution in [1.82, 2.24) is 25.1 Å². The van der Waals surface area contributed by atoms with Crippen molar-refractivity contribution in [3.63, 3.8) is 0 Å². The van der Waals surface area contributed by atoms with Gasteiger partial charge in [-0.05, 0) is 38.8 Å². The Morgan fingerprint density at radius 3 is 2.59 bits per heavy atom. The number of para-hydroxylation sites is 1. The summed E-state index contributed by atoms with van der Waals surface area (Å²) in [5.74, 6) is 0.869. The van der Waals surface area contributed by atoms with E-state index in [-0.39, 0.29) is 11.2 Å². The fourth-order valence-electron chi connectivity index (χ4n) is 4.58. The summed E-state index contributed by atoms with van der Waals surface area (Å²) in [4.78, 5) is 17.7. The van der Waals surface area contributed by atoms with Gasteiger partial charge < -0.3 is 9.88 Å². The zero-order valence-corrected chi connectivity index (χ0v) is 20.4. The van der Waals surface area contributed by atoms with E-state index in [9.17, 15) is 4.79 Å². The fraction of sp³-hybridized carbons (Fsp3) is 0.333. The van der Waals surface area contributed by atoms with Crippen molar-refractivity contribution >= 4 is 28.6 Å². The van der Waals surface area contributed by atoms with Crippen molar-refractivity contribution in [3.8, 4) is 22.6 Å². The SMILES string of the molecule is CCn1c(SC(C)C(=O)NC2CCCC2)nnc1-c1cc(-c2ccccc2)nc2ccccc12. The highest BCUT2D eigenvalue weighted by Gasteiger charge is 2.24. The van der Waals surface area contributed by atoms with Crippen LogP contribution in [0.4, 0.5) is 0 Å². The van der Waals surface area contributed by atoms with Gasteiger partial charge in [-0.3, -0.25) is 4.79 Å². The number of hydrogen-bond donors (Lipinski definition) is 1. The summed E-state index contributed by atoms with van der Waals surface area (Å²) in [5, 5.41) is 13.8. The second kappa shape index (κ2) is 9.97. The summed E-state index contributed by atoms with van der Waals surface area (Å²) >= 11 is 1.47. The molecule has 1 aliphatic carbocycles. The number of pyridine rings is 1. The molecule has 1 aliphatic rings. The third kappa shape index (κ3) is 4.57. The molecule has 2 aromatic heterocycles. The van der Waals surface area contributed by atoms with Crippen LogP contribution in [0.3, 0.4) is 0 Å². The molecule has 1 saturated carbocycles. The van der Waals surface area contributed by atoms with Crippen LogP contribution in [0.5, 0.6) is 0 Å². The molecular weight excluding hydrogens is 442 g/mol. The summed E-state index contributed by atoms with van der Waals surface area (Å²) < 4.78 is 2.10. The number of thioether (sulfide) groups is 1. The second-order valence-corrected chi connectivity index (χ2v) is 10.0. The van der Waals surface area contributed by atoms with Crippen LogP contribution in [0.15, 0.2) is 65.8 Å². The lowest BCUT2D eigenvalue weighted by molar-refractivity contribution is -0.120. The zero-order chi connectivity index (χ0) is 23.5. The van der Waals surface area contributed by atoms with Crippen molar-refractivity contribution < 1.29 is 4.79 Å². The largest absolute Gasteiger partial charge is 0.352 e. The van der Waals surface area contributed by atoms with Gasteiger partial charge in [0.2, 0.25) is 5.91 Å². The summed E-state index contributed by atoms with van der Waals surface area (Å²) in [6.45, 7) is 4.74. The number of fused-ring (bicyclic) bond motifs is 1. The third-order valence-corrected chi connectivity index (χ3v) is 7.49. The predicted molar refractivity (Wildman–Crippen MR) is 138 cm³/mol. The van der Waals surface area contributed by atoms with E-state index < -0.39 is 0 Å². The van der Waals surface area contributed by atoms with Gasteiger partial charge in [-0.25, -0.2) is 4.98 Å². The number of benzene rings is 2. The van der Waals surface area contributed by atoms with Crippen molar-refractivity contribution in [2.75, 3.05) is 0 Å². The van der Waals surface area contributed by atoms with Crippen LogP contribution >= 0.6 is 11.8 Å². The van der Waals surface area contributed by atoms with Crippen LogP contribution in [0, 0.1) is 0 Å². The Morgan fingerprint density at radius 2 is 1.82 bits per heavy atom. The maximum Gasteiger partial charge on any atom is 0.233 e. The maximum atomic E-state index is 12.8. The van der Waals surface area contributed by atoms with Crippen LogP contribution in [0.2, 0.25) is 0 Å². The molecule has 1 N–H and O–H groups in total. The van der Waals surface area contributed by atoms with Crippen molar-refractivity contribution in [1.29, 1.82) is 0 Å². The lowest BCUT2D eigenvalue weighted by atomic mass is 10.0. The molecule has 0 aliphatic heterocycles. The Kier molecular flexibility index (Phi) is 6.63. The Morgan fingerprint density at radius 1 is 1.09 bits per heavy atom. The molecule has 2 aromatic carbocycles. The van der Waals surface area contributed by atoms with Crippen LogP contribution in [0.25, 0.3) is 33.5 Å². The van der Waals surface area contributed by atoms with E-state index in [1.165, 1.54) is 24.6 Å². The Labute approximate surface area is 204 Å². The Hall–Kier alpha value is -3.19. The molecule has 0 spiro atoms. The minimum Gasteiger partial charge on any atom is -0.352 e. The predicted octanol–water partition coefficient (Wildman–Crippen LogP) is 5.72. The first-order valence-corrected chi connectivity index (χ1v) is 12.9. The van der Waals surface area contributed by atoms with Gasteiger partial charge in [0.15, 0.2) is 11.0 Å². The first kappa shape index (κ1) is 22.6. The molecular formula is C27H29N5OS. The molecule has 1 atom stereocenters. The van der Waals surface area contributed by atoms with Gasteiger partial charge in [0.05, 0.1) is 16.5 Å². The van der Waals surface area contributed by atoms with Gasteiger partial charge in [-0.1, -0.05) is 73.1 Å². The Bertz CT molecular complexity index is 1300. The Balaban J connectivity index is 1.49. The second-order valence-electron chi connectivity index (χ2n) is 8.74. The van der Waals surface area contributed by atoms with E-state index in [1.54, 1.807) is 0 Å². The van der Waals surface area contributed by atoms with E-state index in [0.29, 0.717) is 12.6 Å². The first-order chi connectivity index (χ1) is 16.6. The molecule has 1 unspecified atom stereocenters. The van der Waals surface area contributed by atoms with Gasteiger partial charge in [-0.2, -0.15) is 0 Å². The monoisotopic (exact) mass is 471 g/mol. The molecule has 174 valence electrons. The highest BCUT2D eigenvalue weighted by molar-refractivity contribution is 8.00. The van der Waals surface area contributed by atoms with Crippen molar-refractivity contribution in [3.05, 3.63) is 60.7 Å². The van der Waals surface area contributed by atoms with E-state index >= 15 is 0 Å². The number of carbonyl (C=O) groups excluding carboxylic acids is 1. The molecule has 0 saturated heterocycles. The standard InChI is InChI=1S/C27H29N5OS/c1-3-32-25(30-31-27(32)34-18(2)26(33)28-20-13-7-8-14-20)22-17-24(19-11-5-4-6-12-19)29-23-16-10-9-15-21(22)23/h4-6,9-12,15-18,20H,3,7-8,13-14H2,1-2H3,(H,28,33). The number of aromatic nitrogens is 4. The maximum absolute atomic E-state index is 12.8. The topological polar surface area (TPSA) is 72.7 Å². The normalized spacial score (nSPS) is 15.0. The molecule has 2 heterocycles. The van der Waals surface area contributed by atoms with Crippen molar-refractivity contribution in [2.45, 2.75) is 62.5 Å². The van der Waals surface area contributed by atoms with Gasteiger partial charge in [0, 0.05) is 29.1 Å². The number of carbonyl (C=O) groups is 1. The highest BCUT2D eigenvalue weighted by Crippen LogP contribution is 2.33. The number of amides is 1. The van der Waals surface area contributed by atoms with Crippen LogP contribution in [-0.2, 0) is 11.3 Å². The minimum absolute atomic E-state index is 0.0739. The van der Waals surface area contributed by atoms with E-state index in [4.69, 9.17) is 4.98 Å². The van der Waals surface area contributed by atoms with Crippen LogP contribution in [0.1, 0.15) is 39.5 Å². The molecule has 7 heteroatoms. The number of nitrogens with zero attached hydrogens (tertiary/aromatic N) is 4. The average Bonchev–Trinajstić information content (AvgIpc) is 3.53. The van der Waals surface area contributed by atoms with Gasteiger partial charge >= 0.3 is 0 Å². The number of hydrogen-bond acceptors (Lipinski definition) is 5. The fourth-order valence-corrected chi connectivity index (χ4v) is 5.50. The van der Waals surface area contributed by atoms with E-state index in [0.717, 1.165) is 51.5 Å². The lowest BCUT2D eigenvalue weighted by Gasteiger charge is -2.16. The smallest absolute Gasteiger partial charge is 0.233 e. The van der Waals surface area contributed by atoms with Gasteiger partial charge in [0.25, 0.3) is 0 Å². The van der Waals surface area contributed by atoms with Gasteiger partial charge in [-0.15, -0.1) is 10.2 Å². The zero-order valence-electron chi connectivity index (χ0n) is 19.6. The highest BCUT2D eigenvalue weighted by atomic mass is 32.2. The quantitative estimate of drug-likeness (QED) is 0.349. The van der Waals surface area contributed by atoms with Crippen molar-refractivity contribution in [2.24, 2.45) is 0 Å². The molecule has 5 rings (SSSR count). The first-order valence-electron chi connectivity index (χ1n) is 12.0. The molecule has 0 radical (unpaired) electrons. The van der Waals surface area contributed by atoms with Gasteiger partial charge in [0.1, 0.15) is 0 Å². The molecule has 34 heavy (non-hydrogen) atoms. The number of rotatable bonds is 7. The number of nitrogens with one attached hydrogen (secondary N) is 1. The summed E-state index contributed by atoms with van der Waals surface area (Å²) in [6.07, 6.45) is 4.56. The molecule has 0 bridgehead atoms. The third-order valence-electron chi connectivity index (χ3n) is 6.41. The van der Waals surface area contributed by atoms with Crippen LogP contribution < -0.4 is 5.32 Å².